The molecule has 1 aliphatic carbocycles. The van der Waals surface area contributed by atoms with Gasteiger partial charge in [-0.3, -0.25) is 19.2 Å². The van der Waals surface area contributed by atoms with Crippen LogP contribution in [0.1, 0.15) is 68.4 Å². The van der Waals surface area contributed by atoms with E-state index < -0.39 is 5.54 Å². The lowest BCUT2D eigenvalue weighted by Crippen LogP contribution is -2.65. The maximum absolute atomic E-state index is 13.9. The van der Waals surface area contributed by atoms with E-state index in [0.29, 0.717) is 22.8 Å². The Bertz CT molecular complexity index is 1160. The fraction of sp³-hybridized carbons (Fsp3) is 0.444. The van der Waals surface area contributed by atoms with E-state index >= 15 is 0 Å². The average molecular weight is 461 g/mol. The molecule has 3 aromatic rings. The first kappa shape index (κ1) is 22.4. The molecule has 1 atom stereocenters. The van der Waals surface area contributed by atoms with E-state index in [-0.39, 0.29) is 24.4 Å². The summed E-state index contributed by atoms with van der Waals surface area (Å²) in [6.45, 7) is 4.21. The third-order valence-electron chi connectivity index (χ3n) is 7.21. The van der Waals surface area contributed by atoms with Crippen molar-refractivity contribution in [1.29, 1.82) is 0 Å². The lowest BCUT2D eigenvalue weighted by atomic mass is 9.93. The van der Waals surface area contributed by atoms with Gasteiger partial charge in [-0.1, -0.05) is 44.7 Å². The monoisotopic (exact) mass is 460 g/mol. The molecule has 2 aliphatic rings. The van der Waals surface area contributed by atoms with Crippen LogP contribution in [0.4, 0.5) is 5.69 Å². The number of amides is 2. The quantitative estimate of drug-likeness (QED) is 0.546. The number of fused-ring (bicyclic) bond motifs is 1. The van der Waals surface area contributed by atoms with Crippen molar-refractivity contribution in [3.8, 4) is 11.5 Å². The normalized spacial score (nSPS) is 21.2. The zero-order valence-electron chi connectivity index (χ0n) is 19.9. The molecule has 2 aromatic heterocycles. The molecule has 0 spiro atoms. The highest BCUT2D eigenvalue weighted by molar-refractivity contribution is 6.12. The van der Waals surface area contributed by atoms with E-state index in [2.05, 4.69) is 17.3 Å². The fourth-order valence-electron chi connectivity index (χ4n) is 5.18. The van der Waals surface area contributed by atoms with E-state index in [1.807, 2.05) is 37.3 Å². The first-order valence-corrected chi connectivity index (χ1v) is 12.4. The molecule has 1 fully saturated rings. The smallest absolute Gasteiger partial charge is 0.277 e. The number of furan rings is 1. The van der Waals surface area contributed by atoms with Crippen LogP contribution in [-0.4, -0.2) is 33.2 Å². The number of aryl methyl sites for hydroxylation is 1. The predicted octanol–water partition coefficient (Wildman–Crippen LogP) is 4.96. The Morgan fingerprint density at radius 3 is 2.53 bits per heavy atom. The summed E-state index contributed by atoms with van der Waals surface area (Å²) in [6, 6.07) is 13.4. The van der Waals surface area contributed by atoms with Crippen molar-refractivity contribution in [2.45, 2.75) is 76.9 Å². The molecule has 1 saturated carbocycles. The molecule has 1 N–H and O–H groups in total. The molecular formula is C27H32N4O3. The van der Waals surface area contributed by atoms with Crippen molar-refractivity contribution in [2.24, 2.45) is 0 Å². The summed E-state index contributed by atoms with van der Waals surface area (Å²) in [6.07, 6.45) is 9.13. The number of carbonyl (C=O) groups excluding carboxylic acids is 2. The van der Waals surface area contributed by atoms with E-state index in [4.69, 9.17) is 4.42 Å². The van der Waals surface area contributed by atoms with Gasteiger partial charge in [-0.15, -0.1) is 0 Å². The second-order valence-electron chi connectivity index (χ2n) is 9.65. The lowest BCUT2D eigenvalue weighted by Gasteiger charge is -2.43. The van der Waals surface area contributed by atoms with Gasteiger partial charge in [0.2, 0.25) is 5.91 Å². The minimum absolute atomic E-state index is 0.131. The van der Waals surface area contributed by atoms with Gasteiger partial charge < -0.3 is 9.73 Å². The molecule has 0 bridgehead atoms. The predicted molar refractivity (Wildman–Crippen MR) is 131 cm³/mol. The molecule has 5 rings (SSSR count). The maximum atomic E-state index is 13.9. The Balaban J connectivity index is 1.53. The van der Waals surface area contributed by atoms with Crippen LogP contribution >= 0.6 is 0 Å². The Kier molecular flexibility index (Phi) is 6.02. The zero-order valence-corrected chi connectivity index (χ0v) is 19.9. The van der Waals surface area contributed by atoms with Crippen LogP contribution in [0.25, 0.3) is 11.5 Å². The molecule has 178 valence electrons. The Morgan fingerprint density at radius 2 is 1.88 bits per heavy atom. The summed E-state index contributed by atoms with van der Waals surface area (Å²) in [7, 11) is 0. The molecule has 0 unspecified atom stereocenters. The van der Waals surface area contributed by atoms with Crippen LogP contribution in [0.15, 0.2) is 53.1 Å². The van der Waals surface area contributed by atoms with Crippen LogP contribution < -0.4 is 10.2 Å². The van der Waals surface area contributed by atoms with Gasteiger partial charge in [0.1, 0.15) is 16.9 Å². The standard InChI is InChI=1S/C27H32N4O3/c1-3-19-12-14-21(15-13-19)31-25(32)23-17-22(24-11-8-16-34-24)29-30(23)18-27(31,2)26(33)28-20-9-6-4-5-7-10-20/h8,11-17,20H,3-7,9-10,18H2,1-2H3,(H,28,33)/t27-/m1/s1. The van der Waals surface area contributed by atoms with Crippen LogP contribution in [0, 0.1) is 0 Å². The van der Waals surface area contributed by atoms with Crippen molar-refractivity contribution in [3.63, 3.8) is 0 Å². The minimum atomic E-state index is -1.11. The third kappa shape index (κ3) is 4.04. The molecule has 2 amide bonds. The van der Waals surface area contributed by atoms with E-state index in [9.17, 15) is 9.59 Å². The zero-order chi connectivity index (χ0) is 23.7. The molecule has 3 heterocycles. The highest BCUT2D eigenvalue weighted by Gasteiger charge is 2.49. The summed E-state index contributed by atoms with van der Waals surface area (Å²) in [4.78, 5) is 29.4. The number of anilines is 1. The van der Waals surface area contributed by atoms with Gasteiger partial charge in [0.25, 0.3) is 5.91 Å². The molecule has 34 heavy (non-hydrogen) atoms. The van der Waals surface area contributed by atoms with Gasteiger partial charge in [-0.25, -0.2) is 0 Å². The second-order valence-corrected chi connectivity index (χ2v) is 9.65. The number of hydrogen-bond donors (Lipinski definition) is 1. The van der Waals surface area contributed by atoms with Crippen LogP contribution in [-0.2, 0) is 17.8 Å². The summed E-state index contributed by atoms with van der Waals surface area (Å²) < 4.78 is 7.16. The topological polar surface area (TPSA) is 80.4 Å². The van der Waals surface area contributed by atoms with Crippen molar-refractivity contribution < 1.29 is 14.0 Å². The van der Waals surface area contributed by atoms with E-state index in [0.717, 1.165) is 32.1 Å². The Labute approximate surface area is 200 Å². The summed E-state index contributed by atoms with van der Waals surface area (Å²) in [5.41, 5.74) is 1.82. The molecular weight excluding hydrogens is 428 g/mol. The number of nitrogens with zero attached hydrogens (tertiary/aromatic N) is 3. The van der Waals surface area contributed by atoms with Gasteiger partial charge in [0.15, 0.2) is 5.76 Å². The highest BCUT2D eigenvalue weighted by Crippen LogP contribution is 2.35. The van der Waals surface area contributed by atoms with Gasteiger partial charge >= 0.3 is 0 Å². The first-order valence-electron chi connectivity index (χ1n) is 12.4. The number of rotatable bonds is 5. The van der Waals surface area contributed by atoms with Crippen molar-refractivity contribution >= 4 is 17.5 Å². The van der Waals surface area contributed by atoms with Gasteiger partial charge in [0, 0.05) is 17.8 Å². The summed E-state index contributed by atoms with van der Waals surface area (Å²) in [5, 5.41) is 7.92. The van der Waals surface area contributed by atoms with Crippen molar-refractivity contribution in [1.82, 2.24) is 15.1 Å². The molecule has 1 aliphatic heterocycles. The largest absolute Gasteiger partial charge is 0.463 e. The SMILES string of the molecule is CCc1ccc(N2C(=O)c3cc(-c4ccco4)nn3C[C@]2(C)C(=O)NC2CCCCCC2)cc1. The van der Waals surface area contributed by atoms with Gasteiger partial charge in [-0.05, 0) is 56.0 Å². The minimum Gasteiger partial charge on any atom is -0.463 e. The fourth-order valence-corrected chi connectivity index (χ4v) is 5.18. The number of carbonyl (C=O) groups is 2. The second kappa shape index (κ2) is 9.12. The third-order valence-corrected chi connectivity index (χ3v) is 7.21. The van der Waals surface area contributed by atoms with E-state index in [1.165, 1.54) is 18.4 Å². The van der Waals surface area contributed by atoms with Crippen molar-refractivity contribution in [3.05, 3.63) is 60.0 Å². The van der Waals surface area contributed by atoms with Gasteiger partial charge in [0.05, 0.1) is 12.8 Å². The number of nitrogens with one attached hydrogen (secondary N) is 1. The number of hydrogen-bond acceptors (Lipinski definition) is 4. The lowest BCUT2D eigenvalue weighted by molar-refractivity contribution is -0.127. The Hall–Kier alpha value is -3.35. The maximum Gasteiger partial charge on any atom is 0.277 e. The summed E-state index contributed by atoms with van der Waals surface area (Å²) >= 11 is 0. The van der Waals surface area contributed by atoms with Crippen LogP contribution in [0.2, 0.25) is 0 Å². The van der Waals surface area contributed by atoms with Crippen molar-refractivity contribution in [2.75, 3.05) is 4.90 Å². The van der Waals surface area contributed by atoms with Crippen LogP contribution in [0.3, 0.4) is 0 Å². The van der Waals surface area contributed by atoms with Gasteiger partial charge in [-0.2, -0.15) is 5.10 Å². The number of benzene rings is 1. The average Bonchev–Trinajstić information content (AvgIpc) is 3.45. The molecule has 7 nitrogen and oxygen atoms in total. The molecule has 0 radical (unpaired) electrons. The Morgan fingerprint density at radius 1 is 1.15 bits per heavy atom. The first-order chi connectivity index (χ1) is 16.5. The number of aromatic nitrogens is 2. The van der Waals surface area contributed by atoms with E-state index in [1.54, 1.807) is 28.0 Å². The highest BCUT2D eigenvalue weighted by atomic mass is 16.3. The summed E-state index contributed by atoms with van der Waals surface area (Å²) in [5.74, 6) is 0.227. The molecule has 1 aromatic carbocycles. The molecule has 7 heteroatoms. The molecule has 0 saturated heterocycles. The van der Waals surface area contributed by atoms with Crippen LogP contribution in [0.5, 0.6) is 0 Å².